The van der Waals surface area contributed by atoms with Crippen LogP contribution in [-0.2, 0) is 0 Å². The molecule has 3 nitrogen and oxygen atoms in total. The highest BCUT2D eigenvalue weighted by molar-refractivity contribution is 4.84. The third-order valence-corrected chi connectivity index (χ3v) is 5.58. The lowest BCUT2D eigenvalue weighted by Crippen LogP contribution is -2.43. The number of hydrogen-bond donors (Lipinski definition) is 1. The third-order valence-electron chi connectivity index (χ3n) is 5.58. The van der Waals surface area contributed by atoms with Gasteiger partial charge in [-0.3, -0.25) is 0 Å². The minimum atomic E-state index is 0.855. The first-order valence-corrected chi connectivity index (χ1v) is 8.97. The molecule has 0 amide bonds. The maximum absolute atomic E-state index is 3.72. The highest BCUT2D eigenvalue weighted by Gasteiger charge is 2.25. The van der Waals surface area contributed by atoms with E-state index in [0.29, 0.717) is 0 Å². The zero-order valence-corrected chi connectivity index (χ0v) is 13.3. The van der Waals surface area contributed by atoms with Crippen molar-refractivity contribution in [2.45, 2.75) is 63.5 Å². The topological polar surface area (TPSA) is 18.5 Å². The molecule has 0 aromatic carbocycles. The molecule has 2 heterocycles. The minimum absolute atomic E-state index is 0.855. The standard InChI is InChI=1S/C17H33N3/c1-19-10-3-2-6-17(19)9-12-20-11-4-5-15(14-20)13-18-16-7-8-16/h15-18H,2-14H2,1H3. The van der Waals surface area contributed by atoms with Gasteiger partial charge in [-0.15, -0.1) is 0 Å². The lowest BCUT2D eigenvalue weighted by molar-refractivity contribution is 0.128. The number of piperidine rings is 2. The molecule has 2 aliphatic heterocycles. The fourth-order valence-corrected chi connectivity index (χ4v) is 3.98. The van der Waals surface area contributed by atoms with Crippen molar-refractivity contribution >= 4 is 0 Å². The Labute approximate surface area is 125 Å². The molecule has 3 aliphatic rings. The fraction of sp³-hybridized carbons (Fsp3) is 1.00. The molecule has 2 unspecified atom stereocenters. The summed E-state index contributed by atoms with van der Waals surface area (Å²) in [5, 5.41) is 3.72. The number of rotatable bonds is 6. The van der Waals surface area contributed by atoms with Gasteiger partial charge in [0.25, 0.3) is 0 Å². The van der Waals surface area contributed by atoms with Crippen molar-refractivity contribution in [2.75, 3.05) is 39.8 Å². The van der Waals surface area contributed by atoms with Gasteiger partial charge in [-0.05, 0) is 84.1 Å². The molecule has 1 saturated carbocycles. The highest BCUT2D eigenvalue weighted by Crippen LogP contribution is 2.22. The number of hydrogen-bond acceptors (Lipinski definition) is 3. The first-order valence-electron chi connectivity index (χ1n) is 8.97. The monoisotopic (exact) mass is 279 g/mol. The van der Waals surface area contributed by atoms with Crippen molar-refractivity contribution in [3.8, 4) is 0 Å². The van der Waals surface area contributed by atoms with E-state index in [1.54, 1.807) is 0 Å². The minimum Gasteiger partial charge on any atom is -0.314 e. The summed E-state index contributed by atoms with van der Waals surface area (Å²) in [6.07, 6.45) is 11.4. The molecule has 3 rings (SSSR count). The molecule has 116 valence electrons. The van der Waals surface area contributed by atoms with Crippen LogP contribution in [0.25, 0.3) is 0 Å². The largest absolute Gasteiger partial charge is 0.314 e. The fourth-order valence-electron chi connectivity index (χ4n) is 3.98. The van der Waals surface area contributed by atoms with Gasteiger partial charge in [0.15, 0.2) is 0 Å². The van der Waals surface area contributed by atoms with Crippen molar-refractivity contribution in [2.24, 2.45) is 5.92 Å². The molecule has 0 aromatic rings. The van der Waals surface area contributed by atoms with E-state index < -0.39 is 0 Å². The Bertz CT molecular complexity index is 290. The van der Waals surface area contributed by atoms with Crippen LogP contribution in [0.1, 0.15) is 51.4 Å². The Morgan fingerprint density at radius 2 is 1.90 bits per heavy atom. The van der Waals surface area contributed by atoms with Crippen molar-refractivity contribution in [3.05, 3.63) is 0 Å². The molecule has 3 fully saturated rings. The molecule has 1 aliphatic carbocycles. The number of nitrogens with zero attached hydrogens (tertiary/aromatic N) is 2. The van der Waals surface area contributed by atoms with E-state index in [-0.39, 0.29) is 0 Å². The maximum Gasteiger partial charge on any atom is 0.0104 e. The van der Waals surface area contributed by atoms with Gasteiger partial charge in [0.2, 0.25) is 0 Å². The second kappa shape index (κ2) is 7.24. The Morgan fingerprint density at radius 1 is 1.00 bits per heavy atom. The van der Waals surface area contributed by atoms with E-state index in [9.17, 15) is 0 Å². The Kier molecular flexibility index (Phi) is 5.36. The SMILES string of the molecule is CN1CCCCC1CCN1CCCC(CNC2CC2)C1. The number of nitrogens with one attached hydrogen (secondary N) is 1. The second-order valence-corrected chi connectivity index (χ2v) is 7.41. The predicted molar refractivity (Wildman–Crippen MR) is 85.1 cm³/mol. The Balaban J connectivity index is 1.35. The first-order chi connectivity index (χ1) is 9.81. The van der Waals surface area contributed by atoms with Gasteiger partial charge >= 0.3 is 0 Å². The first kappa shape index (κ1) is 14.8. The molecule has 0 spiro atoms. The quantitative estimate of drug-likeness (QED) is 0.805. The second-order valence-electron chi connectivity index (χ2n) is 7.41. The molecule has 0 aromatic heterocycles. The van der Waals surface area contributed by atoms with Gasteiger partial charge in [0.1, 0.15) is 0 Å². The Morgan fingerprint density at radius 3 is 2.70 bits per heavy atom. The summed E-state index contributed by atoms with van der Waals surface area (Å²) in [6, 6.07) is 1.73. The normalized spacial score (nSPS) is 33.5. The summed E-state index contributed by atoms with van der Waals surface area (Å²) < 4.78 is 0. The van der Waals surface area contributed by atoms with Crippen LogP contribution in [0.4, 0.5) is 0 Å². The summed E-state index contributed by atoms with van der Waals surface area (Å²) in [7, 11) is 2.32. The van der Waals surface area contributed by atoms with E-state index >= 15 is 0 Å². The van der Waals surface area contributed by atoms with E-state index in [2.05, 4.69) is 22.2 Å². The van der Waals surface area contributed by atoms with Crippen LogP contribution >= 0.6 is 0 Å². The average Bonchev–Trinajstić information content (AvgIpc) is 3.29. The zero-order valence-electron chi connectivity index (χ0n) is 13.3. The van der Waals surface area contributed by atoms with E-state index in [4.69, 9.17) is 0 Å². The van der Waals surface area contributed by atoms with Crippen LogP contribution in [0.15, 0.2) is 0 Å². The third kappa shape index (κ3) is 4.44. The molecule has 20 heavy (non-hydrogen) atoms. The molecular formula is C17H33N3. The summed E-state index contributed by atoms with van der Waals surface area (Å²) in [6.45, 7) is 6.60. The summed E-state index contributed by atoms with van der Waals surface area (Å²) in [4.78, 5) is 5.34. The molecule has 3 heteroatoms. The van der Waals surface area contributed by atoms with Crippen molar-refractivity contribution in [3.63, 3.8) is 0 Å². The smallest absolute Gasteiger partial charge is 0.0104 e. The van der Waals surface area contributed by atoms with Crippen LogP contribution < -0.4 is 5.32 Å². The van der Waals surface area contributed by atoms with E-state index in [1.165, 1.54) is 84.1 Å². The van der Waals surface area contributed by atoms with E-state index in [0.717, 1.165) is 18.0 Å². The van der Waals surface area contributed by atoms with Gasteiger partial charge in [-0.25, -0.2) is 0 Å². The van der Waals surface area contributed by atoms with Crippen molar-refractivity contribution in [1.29, 1.82) is 0 Å². The molecule has 2 atom stereocenters. The molecule has 0 bridgehead atoms. The highest BCUT2D eigenvalue weighted by atomic mass is 15.2. The van der Waals surface area contributed by atoms with Gasteiger partial charge in [-0.1, -0.05) is 6.42 Å². The molecule has 1 N–H and O–H groups in total. The van der Waals surface area contributed by atoms with Crippen LogP contribution in [0.2, 0.25) is 0 Å². The lowest BCUT2D eigenvalue weighted by Gasteiger charge is -2.37. The average molecular weight is 279 g/mol. The summed E-state index contributed by atoms with van der Waals surface area (Å²) in [5.41, 5.74) is 0. The molecule has 0 radical (unpaired) electrons. The maximum atomic E-state index is 3.72. The summed E-state index contributed by atoms with van der Waals surface area (Å²) >= 11 is 0. The van der Waals surface area contributed by atoms with Crippen molar-refractivity contribution in [1.82, 2.24) is 15.1 Å². The zero-order chi connectivity index (χ0) is 13.8. The van der Waals surface area contributed by atoms with Crippen LogP contribution in [0.5, 0.6) is 0 Å². The summed E-state index contributed by atoms with van der Waals surface area (Å²) in [5.74, 6) is 0.911. The van der Waals surface area contributed by atoms with Gasteiger partial charge in [0, 0.05) is 18.6 Å². The number of likely N-dealkylation sites (tertiary alicyclic amines) is 2. The van der Waals surface area contributed by atoms with Crippen LogP contribution in [0, 0.1) is 5.92 Å². The van der Waals surface area contributed by atoms with E-state index in [1.807, 2.05) is 0 Å². The van der Waals surface area contributed by atoms with Crippen LogP contribution in [0.3, 0.4) is 0 Å². The predicted octanol–water partition coefficient (Wildman–Crippen LogP) is 2.32. The van der Waals surface area contributed by atoms with Gasteiger partial charge < -0.3 is 15.1 Å². The van der Waals surface area contributed by atoms with Gasteiger partial charge in [-0.2, -0.15) is 0 Å². The Hall–Kier alpha value is -0.120. The van der Waals surface area contributed by atoms with Crippen molar-refractivity contribution < 1.29 is 0 Å². The lowest BCUT2D eigenvalue weighted by atomic mass is 9.96. The molecular weight excluding hydrogens is 246 g/mol. The van der Waals surface area contributed by atoms with Gasteiger partial charge in [0.05, 0.1) is 0 Å². The molecule has 2 saturated heterocycles. The van der Waals surface area contributed by atoms with Crippen LogP contribution in [-0.4, -0.2) is 61.7 Å².